The molecule has 92 valence electrons. The molecule has 0 unspecified atom stereocenters. The molecule has 0 radical (unpaired) electrons. The molecule has 1 heterocycles. The van der Waals surface area contributed by atoms with Gasteiger partial charge in [-0.15, -0.1) is 0 Å². The van der Waals surface area contributed by atoms with Crippen molar-refractivity contribution in [3.8, 4) is 0 Å². The summed E-state index contributed by atoms with van der Waals surface area (Å²) in [5.41, 5.74) is 2.35. The van der Waals surface area contributed by atoms with Gasteiger partial charge in [0.1, 0.15) is 5.82 Å². The molecule has 0 aliphatic heterocycles. The first-order chi connectivity index (χ1) is 8.22. The van der Waals surface area contributed by atoms with E-state index in [4.69, 9.17) is 4.98 Å². The van der Waals surface area contributed by atoms with Gasteiger partial charge in [0.15, 0.2) is 0 Å². The lowest BCUT2D eigenvalue weighted by atomic mass is 10.3. The minimum absolute atomic E-state index is 0.537. The zero-order valence-corrected chi connectivity index (χ0v) is 10.9. The van der Waals surface area contributed by atoms with Crippen LogP contribution in [0.2, 0.25) is 0 Å². The smallest absolute Gasteiger partial charge is 0.111 e. The van der Waals surface area contributed by atoms with Crippen LogP contribution >= 0.6 is 0 Å². The van der Waals surface area contributed by atoms with Crippen LogP contribution in [-0.2, 0) is 13.0 Å². The normalized spacial score (nSPS) is 11.5. The van der Waals surface area contributed by atoms with Gasteiger partial charge in [-0.3, -0.25) is 0 Å². The van der Waals surface area contributed by atoms with Gasteiger partial charge in [-0.2, -0.15) is 0 Å². The van der Waals surface area contributed by atoms with Crippen LogP contribution in [0.15, 0.2) is 24.3 Å². The highest BCUT2D eigenvalue weighted by molar-refractivity contribution is 5.75. The maximum absolute atomic E-state index is 4.70. The van der Waals surface area contributed by atoms with Gasteiger partial charge in [0.25, 0.3) is 0 Å². The molecule has 2 aromatic rings. The summed E-state index contributed by atoms with van der Waals surface area (Å²) in [5, 5.41) is 3.44. The standard InChI is InChI=1S/C14H21N3/c1-4-17-13-8-6-5-7-12(13)16-14(17)9-10-15-11(2)3/h5-8,11,15H,4,9-10H2,1-3H3. The quantitative estimate of drug-likeness (QED) is 0.857. The second-order valence-corrected chi connectivity index (χ2v) is 4.62. The Morgan fingerprint density at radius 2 is 2.06 bits per heavy atom. The third-order valence-electron chi connectivity index (χ3n) is 2.95. The van der Waals surface area contributed by atoms with Crippen LogP contribution in [0, 0.1) is 0 Å². The van der Waals surface area contributed by atoms with Crippen molar-refractivity contribution in [2.24, 2.45) is 0 Å². The predicted molar refractivity (Wildman–Crippen MR) is 72.2 cm³/mol. The number of aryl methyl sites for hydroxylation is 1. The molecule has 1 aromatic carbocycles. The summed E-state index contributed by atoms with van der Waals surface area (Å²) in [7, 11) is 0. The summed E-state index contributed by atoms with van der Waals surface area (Å²) in [6.07, 6.45) is 0.987. The van der Waals surface area contributed by atoms with Crippen molar-refractivity contribution in [2.45, 2.75) is 39.8 Å². The molecular formula is C14H21N3. The molecule has 0 saturated carbocycles. The summed E-state index contributed by atoms with van der Waals surface area (Å²) in [5.74, 6) is 1.18. The highest BCUT2D eigenvalue weighted by atomic mass is 15.1. The Labute approximate surface area is 103 Å². The first kappa shape index (κ1) is 12.1. The molecule has 2 rings (SSSR count). The van der Waals surface area contributed by atoms with Crippen LogP contribution < -0.4 is 5.32 Å². The van der Waals surface area contributed by atoms with Crippen LogP contribution in [0.5, 0.6) is 0 Å². The van der Waals surface area contributed by atoms with Crippen LogP contribution in [0.4, 0.5) is 0 Å². The van der Waals surface area contributed by atoms with Gasteiger partial charge in [0, 0.05) is 25.6 Å². The number of nitrogens with zero attached hydrogens (tertiary/aromatic N) is 2. The summed E-state index contributed by atoms with van der Waals surface area (Å²) in [6, 6.07) is 8.89. The lowest BCUT2D eigenvalue weighted by Crippen LogP contribution is -2.25. The van der Waals surface area contributed by atoms with Crippen LogP contribution in [0.25, 0.3) is 11.0 Å². The van der Waals surface area contributed by atoms with Crippen molar-refractivity contribution in [3.05, 3.63) is 30.1 Å². The highest BCUT2D eigenvalue weighted by Gasteiger charge is 2.08. The van der Waals surface area contributed by atoms with Crippen molar-refractivity contribution < 1.29 is 0 Å². The Bertz CT molecular complexity index is 485. The maximum Gasteiger partial charge on any atom is 0.111 e. The number of hydrogen-bond acceptors (Lipinski definition) is 2. The van der Waals surface area contributed by atoms with E-state index in [0.717, 1.165) is 25.0 Å². The SMILES string of the molecule is CCn1c(CCNC(C)C)nc2ccccc21. The number of imidazole rings is 1. The second-order valence-electron chi connectivity index (χ2n) is 4.62. The van der Waals surface area contributed by atoms with E-state index in [0.29, 0.717) is 6.04 Å². The van der Waals surface area contributed by atoms with E-state index in [1.54, 1.807) is 0 Å². The molecule has 17 heavy (non-hydrogen) atoms. The van der Waals surface area contributed by atoms with Crippen molar-refractivity contribution >= 4 is 11.0 Å². The number of benzene rings is 1. The van der Waals surface area contributed by atoms with E-state index in [1.165, 1.54) is 11.3 Å². The Morgan fingerprint density at radius 3 is 2.76 bits per heavy atom. The fourth-order valence-electron chi connectivity index (χ4n) is 2.14. The van der Waals surface area contributed by atoms with Gasteiger partial charge in [-0.1, -0.05) is 26.0 Å². The summed E-state index contributed by atoms with van der Waals surface area (Å²) in [4.78, 5) is 4.70. The Kier molecular flexibility index (Phi) is 3.79. The van der Waals surface area contributed by atoms with Gasteiger partial charge < -0.3 is 9.88 Å². The van der Waals surface area contributed by atoms with Gasteiger partial charge in [0.2, 0.25) is 0 Å². The third kappa shape index (κ3) is 2.67. The zero-order chi connectivity index (χ0) is 12.3. The Balaban J connectivity index is 2.21. The number of para-hydroxylation sites is 2. The number of rotatable bonds is 5. The minimum atomic E-state index is 0.537. The average molecular weight is 231 g/mol. The van der Waals surface area contributed by atoms with E-state index >= 15 is 0 Å². The molecule has 0 aliphatic carbocycles. The fraction of sp³-hybridized carbons (Fsp3) is 0.500. The molecule has 1 N–H and O–H groups in total. The minimum Gasteiger partial charge on any atom is -0.328 e. The Hall–Kier alpha value is -1.35. The lowest BCUT2D eigenvalue weighted by molar-refractivity contribution is 0.573. The molecule has 3 heteroatoms. The van der Waals surface area contributed by atoms with Gasteiger partial charge in [-0.05, 0) is 19.1 Å². The first-order valence-electron chi connectivity index (χ1n) is 6.40. The predicted octanol–water partition coefficient (Wildman–Crippen LogP) is 2.60. The van der Waals surface area contributed by atoms with Crippen molar-refractivity contribution in [1.82, 2.24) is 14.9 Å². The molecule has 0 aliphatic rings. The van der Waals surface area contributed by atoms with Gasteiger partial charge in [-0.25, -0.2) is 4.98 Å². The third-order valence-corrected chi connectivity index (χ3v) is 2.95. The molecule has 0 bridgehead atoms. The lowest BCUT2D eigenvalue weighted by Gasteiger charge is -2.09. The summed E-state index contributed by atoms with van der Waals surface area (Å²) < 4.78 is 2.30. The largest absolute Gasteiger partial charge is 0.328 e. The van der Waals surface area contributed by atoms with Crippen molar-refractivity contribution in [3.63, 3.8) is 0 Å². The number of hydrogen-bond donors (Lipinski definition) is 1. The number of nitrogens with one attached hydrogen (secondary N) is 1. The first-order valence-corrected chi connectivity index (χ1v) is 6.40. The Morgan fingerprint density at radius 1 is 1.29 bits per heavy atom. The van der Waals surface area contributed by atoms with E-state index in [2.05, 4.69) is 48.9 Å². The van der Waals surface area contributed by atoms with Crippen LogP contribution in [0.3, 0.4) is 0 Å². The molecule has 1 aromatic heterocycles. The van der Waals surface area contributed by atoms with Crippen molar-refractivity contribution in [1.29, 1.82) is 0 Å². The molecular weight excluding hydrogens is 210 g/mol. The average Bonchev–Trinajstić information content (AvgIpc) is 2.66. The van der Waals surface area contributed by atoms with Crippen LogP contribution in [-0.4, -0.2) is 22.1 Å². The van der Waals surface area contributed by atoms with Gasteiger partial charge in [0.05, 0.1) is 11.0 Å². The monoisotopic (exact) mass is 231 g/mol. The maximum atomic E-state index is 4.70. The van der Waals surface area contributed by atoms with E-state index in [-0.39, 0.29) is 0 Å². The van der Waals surface area contributed by atoms with Crippen molar-refractivity contribution in [2.75, 3.05) is 6.54 Å². The molecule has 0 atom stereocenters. The molecule has 0 fully saturated rings. The fourth-order valence-corrected chi connectivity index (χ4v) is 2.14. The molecule has 0 amide bonds. The van der Waals surface area contributed by atoms with E-state index in [1.807, 2.05) is 6.07 Å². The summed E-state index contributed by atoms with van der Waals surface area (Å²) >= 11 is 0. The molecule has 3 nitrogen and oxygen atoms in total. The topological polar surface area (TPSA) is 29.9 Å². The second kappa shape index (κ2) is 5.32. The number of fused-ring (bicyclic) bond motifs is 1. The highest BCUT2D eigenvalue weighted by Crippen LogP contribution is 2.15. The zero-order valence-electron chi connectivity index (χ0n) is 10.9. The molecule has 0 spiro atoms. The molecule has 0 saturated heterocycles. The number of aromatic nitrogens is 2. The van der Waals surface area contributed by atoms with E-state index in [9.17, 15) is 0 Å². The van der Waals surface area contributed by atoms with Gasteiger partial charge >= 0.3 is 0 Å². The van der Waals surface area contributed by atoms with Crippen LogP contribution in [0.1, 0.15) is 26.6 Å². The van der Waals surface area contributed by atoms with E-state index < -0.39 is 0 Å². The summed E-state index contributed by atoms with van der Waals surface area (Å²) in [6.45, 7) is 8.48.